The number of amides is 1. The molecule has 0 atom stereocenters. The van der Waals surface area contributed by atoms with Gasteiger partial charge in [0.25, 0.3) is 5.91 Å². The van der Waals surface area contributed by atoms with Crippen LogP contribution in [-0.2, 0) is 0 Å². The Kier molecular flexibility index (Phi) is 3.90. The van der Waals surface area contributed by atoms with Gasteiger partial charge in [-0.15, -0.1) is 5.10 Å². The summed E-state index contributed by atoms with van der Waals surface area (Å²) in [5.74, 6) is -1.13. The zero-order chi connectivity index (χ0) is 16.4. The van der Waals surface area contributed by atoms with Gasteiger partial charge in [-0.25, -0.2) is 14.8 Å². The van der Waals surface area contributed by atoms with E-state index in [1.54, 1.807) is 37.3 Å². The number of rotatable bonds is 3. The summed E-state index contributed by atoms with van der Waals surface area (Å²) in [7, 11) is 0. The molecule has 116 valence electrons. The number of anilines is 1. The highest BCUT2D eigenvalue weighted by Crippen LogP contribution is 2.15. The number of carbonyl (C=O) groups excluding carboxylic acids is 1. The summed E-state index contributed by atoms with van der Waals surface area (Å²) in [5.41, 5.74) is 1.11. The van der Waals surface area contributed by atoms with E-state index in [1.165, 1.54) is 0 Å². The second kappa shape index (κ2) is 6.01. The Morgan fingerprint density at radius 3 is 2.78 bits per heavy atom. The lowest BCUT2D eigenvalue weighted by atomic mass is 10.1. The molecule has 1 aromatic carbocycles. The third-order valence-electron chi connectivity index (χ3n) is 2.91. The van der Waals surface area contributed by atoms with Gasteiger partial charge in [0.2, 0.25) is 12.3 Å². The maximum absolute atomic E-state index is 12.5. The number of benzene rings is 1. The van der Waals surface area contributed by atoms with Crippen LogP contribution in [0.3, 0.4) is 0 Å². The maximum Gasteiger partial charge on any atom is 0.441 e. The molecule has 0 saturated heterocycles. The predicted octanol–water partition coefficient (Wildman–Crippen LogP) is 1.83. The van der Waals surface area contributed by atoms with E-state index in [0.717, 1.165) is 11.1 Å². The second-order valence-corrected chi connectivity index (χ2v) is 4.93. The average molecular weight is 332 g/mol. The first kappa shape index (κ1) is 14.9. The minimum absolute atomic E-state index is 0.0716. The molecular weight excluding hydrogens is 322 g/mol. The summed E-state index contributed by atoms with van der Waals surface area (Å²) in [5, 5.41) is 6.53. The van der Waals surface area contributed by atoms with Crippen LogP contribution in [0.15, 0.2) is 45.9 Å². The molecule has 1 N–H and O–H groups in total. The lowest BCUT2D eigenvalue weighted by molar-refractivity contribution is 0.102. The van der Waals surface area contributed by atoms with Crippen molar-refractivity contribution in [2.75, 3.05) is 5.32 Å². The van der Waals surface area contributed by atoms with E-state index in [1.807, 2.05) is 0 Å². The van der Waals surface area contributed by atoms with Crippen LogP contribution in [0.5, 0.6) is 0 Å². The first-order valence-electron chi connectivity index (χ1n) is 6.49. The molecule has 0 unspecified atom stereocenters. The summed E-state index contributed by atoms with van der Waals surface area (Å²) in [6, 6.07) is 8.02. The summed E-state index contributed by atoms with van der Waals surface area (Å²) < 4.78 is 5.61. The topological polar surface area (TPSA) is 103 Å². The summed E-state index contributed by atoms with van der Waals surface area (Å²) in [6.07, 6.45) is 1.00. The van der Waals surface area contributed by atoms with Crippen molar-refractivity contribution in [3.05, 3.63) is 63.7 Å². The minimum atomic E-state index is -0.694. The fourth-order valence-electron chi connectivity index (χ4n) is 1.98. The summed E-state index contributed by atoms with van der Waals surface area (Å²) in [4.78, 5) is 32.1. The third kappa shape index (κ3) is 3.11. The van der Waals surface area contributed by atoms with Gasteiger partial charge in [-0.2, -0.15) is 4.68 Å². The van der Waals surface area contributed by atoms with Gasteiger partial charge in [0, 0.05) is 5.69 Å². The van der Waals surface area contributed by atoms with Gasteiger partial charge in [0.15, 0.2) is 0 Å². The van der Waals surface area contributed by atoms with Crippen LogP contribution in [0.1, 0.15) is 16.1 Å². The molecular formula is C14H10ClN5O3. The van der Waals surface area contributed by atoms with Crippen LogP contribution >= 0.6 is 11.6 Å². The molecule has 3 aromatic rings. The molecule has 1 amide bonds. The first-order chi connectivity index (χ1) is 11.0. The quantitative estimate of drug-likeness (QED) is 0.734. The molecule has 0 aliphatic carbocycles. The van der Waals surface area contributed by atoms with Crippen LogP contribution in [0.4, 0.5) is 5.95 Å². The zero-order valence-electron chi connectivity index (χ0n) is 11.9. The lowest BCUT2D eigenvalue weighted by Gasteiger charge is -2.08. The van der Waals surface area contributed by atoms with Crippen molar-refractivity contribution < 1.29 is 9.21 Å². The van der Waals surface area contributed by atoms with Crippen LogP contribution in [0.2, 0.25) is 5.15 Å². The number of hydrogen-bond acceptors (Lipinski definition) is 6. The average Bonchev–Trinajstić information content (AvgIpc) is 2.92. The van der Waals surface area contributed by atoms with Crippen molar-refractivity contribution in [3.63, 3.8) is 0 Å². The molecule has 0 aliphatic heterocycles. The highest BCUT2D eigenvalue weighted by Gasteiger charge is 2.16. The van der Waals surface area contributed by atoms with Gasteiger partial charge in [0.05, 0.1) is 11.3 Å². The number of para-hydroxylation sites is 1. The standard InChI is InChI=1S/C14H10ClN5O3/c1-8-6-11(15)18-13(17-8)19-12(21)9-4-2-3-5-10(9)20-14(22)23-7-16-20/h2-7H,1H3,(H,17,18,19,21). The Morgan fingerprint density at radius 2 is 2.09 bits per heavy atom. The first-order valence-corrected chi connectivity index (χ1v) is 6.87. The number of halogens is 1. The molecule has 0 spiro atoms. The monoisotopic (exact) mass is 331 g/mol. The molecule has 23 heavy (non-hydrogen) atoms. The number of nitrogens with one attached hydrogen (secondary N) is 1. The van der Waals surface area contributed by atoms with E-state index in [4.69, 9.17) is 11.6 Å². The number of nitrogens with zero attached hydrogens (tertiary/aromatic N) is 4. The van der Waals surface area contributed by atoms with Crippen molar-refractivity contribution in [1.82, 2.24) is 19.7 Å². The lowest BCUT2D eigenvalue weighted by Crippen LogP contribution is -2.21. The molecule has 9 heteroatoms. The molecule has 2 aromatic heterocycles. The van der Waals surface area contributed by atoms with Gasteiger partial charge in [-0.1, -0.05) is 23.7 Å². The van der Waals surface area contributed by atoms with E-state index in [0.29, 0.717) is 5.69 Å². The van der Waals surface area contributed by atoms with E-state index >= 15 is 0 Å². The molecule has 0 saturated carbocycles. The second-order valence-electron chi connectivity index (χ2n) is 4.54. The van der Waals surface area contributed by atoms with Gasteiger partial charge >= 0.3 is 5.76 Å². The van der Waals surface area contributed by atoms with Crippen molar-refractivity contribution in [3.8, 4) is 5.69 Å². The molecule has 0 aliphatic rings. The Balaban J connectivity index is 1.97. The fraction of sp³-hybridized carbons (Fsp3) is 0.0714. The maximum atomic E-state index is 12.5. The van der Waals surface area contributed by atoms with Gasteiger partial charge in [0.1, 0.15) is 5.15 Å². The third-order valence-corrected chi connectivity index (χ3v) is 3.11. The van der Waals surface area contributed by atoms with Gasteiger partial charge in [-0.05, 0) is 25.1 Å². The predicted molar refractivity (Wildman–Crippen MR) is 81.8 cm³/mol. The Bertz CT molecular complexity index is 914. The fourth-order valence-corrected chi connectivity index (χ4v) is 2.22. The van der Waals surface area contributed by atoms with Crippen LogP contribution in [-0.4, -0.2) is 25.7 Å². The number of hydrogen-bond donors (Lipinski definition) is 1. The van der Waals surface area contributed by atoms with Crippen LogP contribution in [0.25, 0.3) is 5.69 Å². The van der Waals surface area contributed by atoms with E-state index in [2.05, 4.69) is 24.8 Å². The number of carbonyl (C=O) groups is 1. The Morgan fingerprint density at radius 1 is 1.30 bits per heavy atom. The number of aryl methyl sites for hydroxylation is 1. The zero-order valence-corrected chi connectivity index (χ0v) is 12.6. The molecule has 0 bridgehead atoms. The molecule has 2 heterocycles. The van der Waals surface area contributed by atoms with Crippen molar-refractivity contribution in [2.45, 2.75) is 6.92 Å². The summed E-state index contributed by atoms with van der Waals surface area (Å²) in [6.45, 7) is 1.73. The molecule has 0 radical (unpaired) electrons. The van der Waals surface area contributed by atoms with Crippen molar-refractivity contribution >= 4 is 23.5 Å². The highest BCUT2D eigenvalue weighted by molar-refractivity contribution is 6.29. The van der Waals surface area contributed by atoms with E-state index < -0.39 is 11.7 Å². The molecule has 3 rings (SSSR count). The Labute approximate surface area is 134 Å². The Hall–Kier alpha value is -3.00. The van der Waals surface area contributed by atoms with Crippen LogP contribution < -0.4 is 11.1 Å². The normalized spacial score (nSPS) is 10.5. The number of aromatic nitrogens is 4. The van der Waals surface area contributed by atoms with Gasteiger partial charge in [-0.3, -0.25) is 10.1 Å². The van der Waals surface area contributed by atoms with E-state index in [9.17, 15) is 9.59 Å². The van der Waals surface area contributed by atoms with Crippen LogP contribution in [0, 0.1) is 6.92 Å². The summed E-state index contributed by atoms with van der Waals surface area (Å²) >= 11 is 5.84. The van der Waals surface area contributed by atoms with Gasteiger partial charge < -0.3 is 4.42 Å². The molecule has 0 fully saturated rings. The minimum Gasteiger partial charge on any atom is -0.395 e. The van der Waals surface area contributed by atoms with E-state index in [-0.39, 0.29) is 22.4 Å². The molecule has 8 nitrogen and oxygen atoms in total. The SMILES string of the molecule is Cc1cc(Cl)nc(NC(=O)c2ccccc2-n2ncoc2=O)n1. The van der Waals surface area contributed by atoms with Crippen molar-refractivity contribution in [1.29, 1.82) is 0 Å². The smallest absolute Gasteiger partial charge is 0.395 e. The largest absolute Gasteiger partial charge is 0.441 e. The highest BCUT2D eigenvalue weighted by atomic mass is 35.5. The van der Waals surface area contributed by atoms with Crippen molar-refractivity contribution in [2.24, 2.45) is 0 Å².